The number of fused-ring (bicyclic) bond motifs is 1. The first kappa shape index (κ1) is 19.5. The Kier molecular flexibility index (Phi) is 6.94. The Balaban J connectivity index is 1.74. The first-order valence-electron chi connectivity index (χ1n) is 9.21. The molecule has 0 aromatic carbocycles. The lowest BCUT2D eigenvalue weighted by molar-refractivity contribution is 0.0508. The highest BCUT2D eigenvalue weighted by Gasteiger charge is 2.23. The zero-order valence-corrected chi connectivity index (χ0v) is 16.2. The predicted octanol–water partition coefficient (Wildman–Crippen LogP) is 1.84. The monoisotopic (exact) mass is 392 g/mol. The molecule has 0 saturated heterocycles. The average Bonchev–Trinajstić information content (AvgIpc) is 3.31. The van der Waals surface area contributed by atoms with Crippen LogP contribution in [0.3, 0.4) is 0 Å². The Morgan fingerprint density at radius 3 is 3.04 bits per heavy atom. The largest absolute Gasteiger partial charge is 0.462 e. The molecule has 0 unspecified atom stereocenters. The number of aryl methyl sites for hydroxylation is 1. The van der Waals surface area contributed by atoms with E-state index in [1.165, 1.54) is 17.7 Å². The predicted molar refractivity (Wildman–Crippen MR) is 100 cm³/mol. The van der Waals surface area contributed by atoms with Gasteiger partial charge in [0.2, 0.25) is 0 Å². The lowest BCUT2D eigenvalue weighted by Crippen LogP contribution is -2.28. The van der Waals surface area contributed by atoms with Gasteiger partial charge in [-0.05, 0) is 37.7 Å². The van der Waals surface area contributed by atoms with Crippen LogP contribution in [-0.4, -0.2) is 52.4 Å². The minimum absolute atomic E-state index is 0.103. The molecular weight excluding hydrogens is 368 g/mol. The number of carbonyl (C=O) groups is 2. The normalized spacial score (nSPS) is 15.5. The molecule has 0 atom stereocenters. The zero-order valence-electron chi connectivity index (χ0n) is 15.4. The van der Waals surface area contributed by atoms with Crippen LogP contribution in [-0.2, 0) is 28.9 Å². The number of aromatic nitrogens is 3. The number of nitrogens with one attached hydrogen (secondary N) is 1. The number of esters is 1. The van der Waals surface area contributed by atoms with Crippen LogP contribution in [0, 0.1) is 0 Å². The van der Waals surface area contributed by atoms with Crippen molar-refractivity contribution in [1.29, 1.82) is 0 Å². The lowest BCUT2D eigenvalue weighted by Gasteiger charge is -2.08. The van der Waals surface area contributed by atoms with Gasteiger partial charge in [0.05, 0.1) is 24.1 Å². The maximum absolute atomic E-state index is 12.7. The van der Waals surface area contributed by atoms with E-state index in [2.05, 4.69) is 14.8 Å². The summed E-state index contributed by atoms with van der Waals surface area (Å²) in [5.74, 6) is -0.494. The highest BCUT2D eigenvalue weighted by Crippen LogP contribution is 2.19. The Morgan fingerprint density at radius 2 is 2.26 bits per heavy atom. The van der Waals surface area contributed by atoms with Crippen molar-refractivity contribution in [3.05, 3.63) is 34.1 Å². The maximum Gasteiger partial charge on any atom is 0.340 e. The second-order valence-corrected chi connectivity index (χ2v) is 6.87. The molecule has 8 nitrogen and oxygen atoms in total. The summed E-state index contributed by atoms with van der Waals surface area (Å²) in [7, 11) is 0. The lowest BCUT2D eigenvalue weighted by atomic mass is 10.0. The quantitative estimate of drug-likeness (QED) is 0.780. The standard InChI is InChI=1S/C18H24N4O4S/c1-2-22-16-14(5-3-8-25-9-4-7-19-17(16)23)15(21-22)6-10-26-18(24)13-11-20-27-12-13/h11-12H,2-10H2,1H3,(H,19,23). The van der Waals surface area contributed by atoms with Crippen LogP contribution < -0.4 is 5.32 Å². The molecule has 1 aliphatic rings. The van der Waals surface area contributed by atoms with Gasteiger partial charge in [0.15, 0.2) is 0 Å². The Morgan fingerprint density at radius 1 is 1.41 bits per heavy atom. The third-order valence-electron chi connectivity index (χ3n) is 4.35. The van der Waals surface area contributed by atoms with Crippen LogP contribution in [0.5, 0.6) is 0 Å². The van der Waals surface area contributed by atoms with Gasteiger partial charge < -0.3 is 14.8 Å². The number of rotatable bonds is 5. The van der Waals surface area contributed by atoms with Crippen molar-refractivity contribution in [1.82, 2.24) is 19.5 Å². The van der Waals surface area contributed by atoms with E-state index in [4.69, 9.17) is 9.47 Å². The second-order valence-electron chi connectivity index (χ2n) is 6.21. The van der Waals surface area contributed by atoms with Crippen molar-refractivity contribution in [2.75, 3.05) is 26.4 Å². The van der Waals surface area contributed by atoms with Crippen LogP contribution in [0.2, 0.25) is 0 Å². The van der Waals surface area contributed by atoms with E-state index in [9.17, 15) is 9.59 Å². The van der Waals surface area contributed by atoms with Gasteiger partial charge in [0.25, 0.3) is 5.91 Å². The molecule has 3 heterocycles. The molecule has 3 rings (SSSR count). The van der Waals surface area contributed by atoms with Gasteiger partial charge >= 0.3 is 5.97 Å². The molecule has 2 aromatic heterocycles. The summed E-state index contributed by atoms with van der Waals surface area (Å²) in [5, 5.41) is 9.20. The molecule has 27 heavy (non-hydrogen) atoms. The number of nitrogens with zero attached hydrogens (tertiary/aromatic N) is 3. The van der Waals surface area contributed by atoms with E-state index < -0.39 is 5.97 Å². The molecule has 0 saturated carbocycles. The number of hydrogen-bond donors (Lipinski definition) is 1. The summed E-state index contributed by atoms with van der Waals surface area (Å²) >= 11 is 1.21. The van der Waals surface area contributed by atoms with Crippen molar-refractivity contribution >= 4 is 23.4 Å². The highest BCUT2D eigenvalue weighted by molar-refractivity contribution is 7.03. The SMILES string of the molecule is CCn1nc(CCOC(=O)c2cnsc2)c2c1C(=O)NCCCOCCC2. The first-order valence-corrected chi connectivity index (χ1v) is 10.0. The van der Waals surface area contributed by atoms with Crippen molar-refractivity contribution < 1.29 is 19.1 Å². The van der Waals surface area contributed by atoms with E-state index in [1.807, 2.05) is 6.92 Å². The molecule has 1 N–H and O–H groups in total. The molecule has 2 aromatic rings. The highest BCUT2D eigenvalue weighted by atomic mass is 32.1. The number of ether oxygens (including phenoxy) is 2. The molecule has 0 spiro atoms. The maximum atomic E-state index is 12.7. The minimum Gasteiger partial charge on any atom is -0.462 e. The van der Waals surface area contributed by atoms with Crippen molar-refractivity contribution in [3.8, 4) is 0 Å². The molecule has 1 aliphatic heterocycles. The second kappa shape index (κ2) is 9.61. The molecule has 0 radical (unpaired) electrons. The van der Waals surface area contributed by atoms with E-state index in [1.54, 1.807) is 10.1 Å². The molecule has 9 heteroatoms. The first-order chi connectivity index (χ1) is 13.2. The number of amides is 1. The zero-order chi connectivity index (χ0) is 19.1. The van der Waals surface area contributed by atoms with Gasteiger partial charge in [-0.3, -0.25) is 9.48 Å². The third-order valence-corrected chi connectivity index (χ3v) is 4.94. The number of hydrogen-bond acceptors (Lipinski definition) is 7. The van der Waals surface area contributed by atoms with Crippen LogP contribution in [0.1, 0.15) is 51.9 Å². The van der Waals surface area contributed by atoms with Gasteiger partial charge in [0.1, 0.15) is 5.69 Å². The fourth-order valence-electron chi connectivity index (χ4n) is 3.04. The van der Waals surface area contributed by atoms with Gasteiger partial charge in [-0.1, -0.05) is 0 Å². The van der Waals surface area contributed by atoms with E-state index in [0.717, 1.165) is 24.1 Å². The van der Waals surface area contributed by atoms with Crippen LogP contribution in [0.25, 0.3) is 0 Å². The van der Waals surface area contributed by atoms with E-state index in [0.29, 0.717) is 50.4 Å². The molecule has 0 bridgehead atoms. The molecule has 0 fully saturated rings. The summed E-state index contributed by atoms with van der Waals surface area (Å²) in [6, 6.07) is 0. The fraction of sp³-hybridized carbons (Fsp3) is 0.556. The van der Waals surface area contributed by atoms with Crippen molar-refractivity contribution in [3.63, 3.8) is 0 Å². The topological polar surface area (TPSA) is 95.3 Å². The summed E-state index contributed by atoms with van der Waals surface area (Å²) in [6.07, 6.45) is 4.28. The summed E-state index contributed by atoms with van der Waals surface area (Å²) in [6.45, 7) is 4.66. The molecule has 1 amide bonds. The van der Waals surface area contributed by atoms with E-state index in [-0.39, 0.29) is 12.5 Å². The van der Waals surface area contributed by atoms with Crippen LogP contribution in [0.15, 0.2) is 11.6 Å². The van der Waals surface area contributed by atoms with Crippen molar-refractivity contribution in [2.24, 2.45) is 0 Å². The van der Waals surface area contributed by atoms with Gasteiger partial charge in [-0.15, -0.1) is 0 Å². The molecular formula is C18H24N4O4S. The fourth-order valence-corrected chi connectivity index (χ4v) is 3.54. The minimum atomic E-state index is -0.391. The Bertz CT molecular complexity index is 773. The Labute approximate surface area is 162 Å². The van der Waals surface area contributed by atoms with Gasteiger partial charge in [-0.2, -0.15) is 5.10 Å². The van der Waals surface area contributed by atoms with Crippen LogP contribution in [0.4, 0.5) is 0 Å². The number of carbonyl (C=O) groups excluding carboxylic acids is 2. The van der Waals surface area contributed by atoms with Crippen molar-refractivity contribution in [2.45, 2.75) is 39.2 Å². The van der Waals surface area contributed by atoms with Crippen LogP contribution >= 0.6 is 11.5 Å². The van der Waals surface area contributed by atoms with Gasteiger partial charge in [-0.25, -0.2) is 9.17 Å². The van der Waals surface area contributed by atoms with Gasteiger partial charge in [0, 0.05) is 43.7 Å². The summed E-state index contributed by atoms with van der Waals surface area (Å²) in [5.41, 5.74) is 2.79. The summed E-state index contributed by atoms with van der Waals surface area (Å²) < 4.78 is 16.6. The Hall–Kier alpha value is -2.26. The molecule has 0 aliphatic carbocycles. The van der Waals surface area contributed by atoms with E-state index >= 15 is 0 Å². The summed E-state index contributed by atoms with van der Waals surface area (Å²) in [4.78, 5) is 24.6. The smallest absolute Gasteiger partial charge is 0.340 e. The average molecular weight is 392 g/mol. The third kappa shape index (κ3) is 4.92. The molecule has 146 valence electrons.